The van der Waals surface area contributed by atoms with Gasteiger partial charge in [-0.2, -0.15) is 4.98 Å². The van der Waals surface area contributed by atoms with Gasteiger partial charge in [-0.25, -0.2) is 4.98 Å². The van der Waals surface area contributed by atoms with Gasteiger partial charge in [-0.15, -0.1) is 0 Å². The third-order valence-corrected chi connectivity index (χ3v) is 4.07. The Balaban J connectivity index is 1.74. The summed E-state index contributed by atoms with van der Waals surface area (Å²) in [6, 6.07) is 27.0. The normalized spacial score (nSPS) is 10.4. The maximum absolute atomic E-state index is 10.8. The van der Waals surface area contributed by atoms with Crippen molar-refractivity contribution in [2.75, 3.05) is 0 Å². The fourth-order valence-corrected chi connectivity index (χ4v) is 2.71. The van der Waals surface area contributed by atoms with Gasteiger partial charge < -0.3 is 4.74 Å². The molecule has 0 aliphatic heterocycles. The third-order valence-electron chi connectivity index (χ3n) is 4.07. The Kier molecular flexibility index (Phi) is 4.76. The van der Waals surface area contributed by atoms with Crippen LogP contribution in [0.15, 0.2) is 91.0 Å². The van der Waals surface area contributed by atoms with E-state index in [9.17, 15) is 10.1 Å². The predicted molar refractivity (Wildman–Crippen MR) is 106 cm³/mol. The van der Waals surface area contributed by atoms with Crippen LogP contribution in [-0.4, -0.2) is 14.9 Å². The molecule has 6 nitrogen and oxygen atoms in total. The topological polar surface area (TPSA) is 78.2 Å². The maximum Gasteiger partial charge on any atom is 0.269 e. The van der Waals surface area contributed by atoms with Crippen molar-refractivity contribution in [2.24, 2.45) is 0 Å². The van der Waals surface area contributed by atoms with Crippen molar-refractivity contribution in [1.82, 2.24) is 9.97 Å². The van der Waals surface area contributed by atoms with Crippen LogP contribution in [0.5, 0.6) is 11.6 Å². The summed E-state index contributed by atoms with van der Waals surface area (Å²) in [4.78, 5) is 19.6. The number of hydrogen-bond donors (Lipinski definition) is 0. The van der Waals surface area contributed by atoms with Crippen LogP contribution in [0.1, 0.15) is 0 Å². The van der Waals surface area contributed by atoms with Crippen LogP contribution in [0.4, 0.5) is 5.69 Å². The van der Waals surface area contributed by atoms with Gasteiger partial charge in [0, 0.05) is 29.3 Å². The molecule has 4 rings (SSSR count). The standard InChI is InChI=1S/C22H15N3O3/c26-25(27)18-11-13-19(14-12-18)28-21-15-20(16-7-3-1-4-8-16)23-22(24-21)17-9-5-2-6-10-17/h1-15H. The predicted octanol–water partition coefficient (Wildman–Crippen LogP) is 5.51. The number of rotatable bonds is 5. The van der Waals surface area contributed by atoms with Crippen LogP contribution < -0.4 is 4.74 Å². The van der Waals surface area contributed by atoms with E-state index in [1.54, 1.807) is 18.2 Å². The molecule has 0 aliphatic carbocycles. The number of aromatic nitrogens is 2. The van der Waals surface area contributed by atoms with Gasteiger partial charge in [0.15, 0.2) is 5.82 Å². The van der Waals surface area contributed by atoms with E-state index in [0.29, 0.717) is 17.5 Å². The largest absolute Gasteiger partial charge is 0.439 e. The van der Waals surface area contributed by atoms with Crippen molar-refractivity contribution in [2.45, 2.75) is 0 Å². The molecule has 0 atom stereocenters. The molecule has 0 saturated heterocycles. The Bertz CT molecular complexity index is 1040. The van der Waals surface area contributed by atoms with Crippen molar-refractivity contribution < 1.29 is 9.66 Å². The van der Waals surface area contributed by atoms with Crippen LogP contribution in [0.2, 0.25) is 0 Å². The minimum Gasteiger partial charge on any atom is -0.439 e. The number of non-ortho nitro benzene ring substituents is 1. The number of ether oxygens (including phenoxy) is 1. The zero-order chi connectivity index (χ0) is 19.3. The molecule has 0 saturated carbocycles. The molecule has 6 heteroatoms. The smallest absolute Gasteiger partial charge is 0.269 e. The van der Waals surface area contributed by atoms with E-state index in [1.165, 1.54) is 12.1 Å². The molecule has 0 spiro atoms. The van der Waals surface area contributed by atoms with Gasteiger partial charge in [-0.05, 0) is 12.1 Å². The second-order valence-electron chi connectivity index (χ2n) is 6.00. The van der Waals surface area contributed by atoms with E-state index in [1.807, 2.05) is 60.7 Å². The Hall–Kier alpha value is -4.06. The van der Waals surface area contributed by atoms with Crippen LogP contribution in [0.25, 0.3) is 22.6 Å². The van der Waals surface area contributed by atoms with E-state index in [-0.39, 0.29) is 5.69 Å². The summed E-state index contributed by atoms with van der Waals surface area (Å²) in [5.74, 6) is 1.36. The zero-order valence-electron chi connectivity index (χ0n) is 14.7. The highest BCUT2D eigenvalue weighted by atomic mass is 16.6. The van der Waals surface area contributed by atoms with Crippen molar-refractivity contribution >= 4 is 5.69 Å². The second-order valence-corrected chi connectivity index (χ2v) is 6.00. The van der Waals surface area contributed by atoms with Gasteiger partial charge in [0.1, 0.15) is 5.75 Å². The molecule has 1 aromatic heterocycles. The summed E-state index contributed by atoms with van der Waals surface area (Å²) in [5.41, 5.74) is 2.54. The zero-order valence-corrected chi connectivity index (χ0v) is 14.7. The molecule has 0 amide bonds. The van der Waals surface area contributed by atoms with Gasteiger partial charge in [-0.1, -0.05) is 60.7 Å². The Morgan fingerprint density at radius 3 is 1.96 bits per heavy atom. The molecule has 3 aromatic carbocycles. The Morgan fingerprint density at radius 1 is 0.750 bits per heavy atom. The van der Waals surface area contributed by atoms with Crippen molar-refractivity contribution in [3.05, 3.63) is 101 Å². The lowest BCUT2D eigenvalue weighted by molar-refractivity contribution is -0.384. The Labute approximate surface area is 161 Å². The van der Waals surface area contributed by atoms with Gasteiger partial charge in [-0.3, -0.25) is 10.1 Å². The lowest BCUT2D eigenvalue weighted by atomic mass is 10.1. The maximum atomic E-state index is 10.8. The highest BCUT2D eigenvalue weighted by Gasteiger charge is 2.11. The second kappa shape index (κ2) is 7.67. The van der Waals surface area contributed by atoms with Crippen molar-refractivity contribution in [3.63, 3.8) is 0 Å². The fourth-order valence-electron chi connectivity index (χ4n) is 2.71. The molecule has 1 heterocycles. The van der Waals surface area contributed by atoms with Gasteiger partial charge in [0.2, 0.25) is 5.88 Å². The van der Waals surface area contributed by atoms with Gasteiger partial charge in [0.05, 0.1) is 10.6 Å². The number of nitro groups is 1. The van der Waals surface area contributed by atoms with Gasteiger partial charge >= 0.3 is 0 Å². The van der Waals surface area contributed by atoms with Crippen LogP contribution in [-0.2, 0) is 0 Å². The lowest BCUT2D eigenvalue weighted by Crippen LogP contribution is -1.96. The number of benzene rings is 3. The first-order valence-electron chi connectivity index (χ1n) is 8.61. The molecule has 136 valence electrons. The highest BCUT2D eigenvalue weighted by Crippen LogP contribution is 2.28. The first-order valence-corrected chi connectivity index (χ1v) is 8.61. The van der Waals surface area contributed by atoms with Crippen molar-refractivity contribution in [3.8, 4) is 34.3 Å². The van der Waals surface area contributed by atoms with Crippen molar-refractivity contribution in [1.29, 1.82) is 0 Å². The molecular formula is C22H15N3O3. The summed E-state index contributed by atoms with van der Waals surface area (Å²) in [6.45, 7) is 0. The first-order chi connectivity index (χ1) is 13.7. The number of hydrogen-bond acceptors (Lipinski definition) is 5. The van der Waals surface area contributed by atoms with E-state index >= 15 is 0 Å². The molecule has 0 unspecified atom stereocenters. The molecule has 4 aromatic rings. The minimum atomic E-state index is -0.449. The molecule has 0 fully saturated rings. The van der Waals surface area contributed by atoms with E-state index in [4.69, 9.17) is 4.74 Å². The summed E-state index contributed by atoms with van der Waals surface area (Å²) < 4.78 is 5.86. The summed E-state index contributed by atoms with van der Waals surface area (Å²) in [7, 11) is 0. The molecule has 0 aliphatic rings. The average molecular weight is 369 g/mol. The number of nitrogens with zero attached hydrogens (tertiary/aromatic N) is 3. The fraction of sp³-hybridized carbons (Fsp3) is 0. The molecule has 0 bridgehead atoms. The summed E-state index contributed by atoms with van der Waals surface area (Å²) in [6.07, 6.45) is 0. The quantitative estimate of drug-likeness (QED) is 0.342. The van der Waals surface area contributed by atoms with Crippen LogP contribution >= 0.6 is 0 Å². The summed E-state index contributed by atoms with van der Waals surface area (Å²) in [5, 5.41) is 10.8. The molecule has 28 heavy (non-hydrogen) atoms. The highest BCUT2D eigenvalue weighted by molar-refractivity contribution is 5.65. The minimum absolute atomic E-state index is 0.00462. The molecule has 0 radical (unpaired) electrons. The van der Waals surface area contributed by atoms with Gasteiger partial charge in [0.25, 0.3) is 5.69 Å². The van der Waals surface area contributed by atoms with E-state index in [0.717, 1.165) is 16.8 Å². The SMILES string of the molecule is O=[N+]([O-])c1ccc(Oc2cc(-c3ccccc3)nc(-c3ccccc3)n2)cc1. The summed E-state index contributed by atoms with van der Waals surface area (Å²) >= 11 is 0. The average Bonchev–Trinajstić information content (AvgIpc) is 2.75. The third kappa shape index (κ3) is 3.86. The van der Waals surface area contributed by atoms with E-state index < -0.39 is 4.92 Å². The molecule has 0 N–H and O–H groups in total. The van der Waals surface area contributed by atoms with E-state index in [2.05, 4.69) is 9.97 Å². The molecular weight excluding hydrogens is 354 g/mol. The van der Waals surface area contributed by atoms with Crippen LogP contribution in [0.3, 0.4) is 0 Å². The monoisotopic (exact) mass is 369 g/mol. The lowest BCUT2D eigenvalue weighted by Gasteiger charge is -2.10. The number of nitro benzene ring substituents is 1. The Morgan fingerprint density at radius 2 is 1.36 bits per heavy atom. The first kappa shape index (κ1) is 17.4. The van der Waals surface area contributed by atoms with Crippen LogP contribution in [0, 0.1) is 10.1 Å².